The number of ether oxygens (including phenoxy) is 1. The number of hydrogen-bond acceptors (Lipinski definition) is 5. The summed E-state index contributed by atoms with van der Waals surface area (Å²) in [5.74, 6) is 0.551. The van der Waals surface area contributed by atoms with Gasteiger partial charge in [-0.25, -0.2) is 8.42 Å². The molecule has 0 aliphatic heterocycles. The van der Waals surface area contributed by atoms with Gasteiger partial charge >= 0.3 is 0 Å². The standard InChI is InChI=1S/C29H26N2O4S2/c1-19-11-16-27(35-2)26(17-19)31-37(33,34)21-14-12-20(13-15-21)30-28(32)18-36-29-24-9-5-3-7-22(24)23-8-4-6-10-25(23)29/h3-17,29,31H,18H2,1-2H3,(H,30,32). The highest BCUT2D eigenvalue weighted by Crippen LogP contribution is 2.49. The fourth-order valence-electron chi connectivity index (χ4n) is 4.47. The molecule has 0 aromatic heterocycles. The first-order chi connectivity index (χ1) is 17.9. The molecular formula is C29H26N2O4S2. The van der Waals surface area contributed by atoms with Crippen LogP contribution in [0.3, 0.4) is 0 Å². The van der Waals surface area contributed by atoms with Crippen LogP contribution in [0.4, 0.5) is 11.4 Å². The molecule has 5 rings (SSSR count). The molecule has 1 amide bonds. The van der Waals surface area contributed by atoms with E-state index in [2.05, 4.69) is 34.3 Å². The van der Waals surface area contributed by atoms with Crippen LogP contribution in [0.15, 0.2) is 95.9 Å². The Morgan fingerprint density at radius 3 is 2.14 bits per heavy atom. The minimum absolute atomic E-state index is 0.0857. The van der Waals surface area contributed by atoms with Crippen LogP contribution in [-0.4, -0.2) is 27.2 Å². The van der Waals surface area contributed by atoms with Crippen molar-refractivity contribution in [1.29, 1.82) is 0 Å². The van der Waals surface area contributed by atoms with Crippen molar-refractivity contribution in [3.63, 3.8) is 0 Å². The van der Waals surface area contributed by atoms with Crippen molar-refractivity contribution >= 4 is 39.1 Å². The van der Waals surface area contributed by atoms with Gasteiger partial charge in [-0.15, -0.1) is 11.8 Å². The number of fused-ring (bicyclic) bond motifs is 3. The lowest BCUT2D eigenvalue weighted by molar-refractivity contribution is -0.113. The Morgan fingerprint density at radius 2 is 1.51 bits per heavy atom. The number of anilines is 2. The summed E-state index contributed by atoms with van der Waals surface area (Å²) in [6.07, 6.45) is 0. The first-order valence-electron chi connectivity index (χ1n) is 11.7. The summed E-state index contributed by atoms with van der Waals surface area (Å²) in [7, 11) is -2.34. The second-order valence-corrected chi connectivity index (χ2v) is 11.5. The molecule has 37 heavy (non-hydrogen) atoms. The third-order valence-corrected chi connectivity index (χ3v) is 8.86. The molecule has 0 saturated heterocycles. The number of thioether (sulfide) groups is 1. The molecule has 6 nitrogen and oxygen atoms in total. The van der Waals surface area contributed by atoms with E-state index in [9.17, 15) is 13.2 Å². The number of carbonyl (C=O) groups excluding carboxylic acids is 1. The highest BCUT2D eigenvalue weighted by Gasteiger charge is 2.28. The van der Waals surface area contributed by atoms with E-state index in [4.69, 9.17) is 4.74 Å². The molecule has 0 atom stereocenters. The smallest absolute Gasteiger partial charge is 0.262 e. The Balaban J connectivity index is 1.24. The zero-order chi connectivity index (χ0) is 26.0. The maximum absolute atomic E-state index is 12.9. The molecule has 4 aromatic rings. The van der Waals surface area contributed by atoms with Gasteiger partial charge < -0.3 is 10.1 Å². The largest absolute Gasteiger partial charge is 0.495 e. The molecule has 0 bridgehead atoms. The van der Waals surface area contributed by atoms with E-state index in [0.717, 1.165) is 5.56 Å². The van der Waals surface area contributed by atoms with Gasteiger partial charge in [0, 0.05) is 5.69 Å². The van der Waals surface area contributed by atoms with Crippen LogP contribution < -0.4 is 14.8 Å². The second-order valence-electron chi connectivity index (χ2n) is 8.75. The first kappa shape index (κ1) is 24.9. The summed E-state index contributed by atoms with van der Waals surface area (Å²) in [5, 5.41) is 2.97. The number of nitrogens with one attached hydrogen (secondary N) is 2. The van der Waals surface area contributed by atoms with E-state index in [1.807, 2.05) is 37.3 Å². The fraction of sp³-hybridized carbons (Fsp3) is 0.138. The molecule has 0 unspecified atom stereocenters. The number of methoxy groups -OCH3 is 1. The topological polar surface area (TPSA) is 84.5 Å². The predicted octanol–water partition coefficient (Wildman–Crippen LogP) is 6.25. The predicted molar refractivity (Wildman–Crippen MR) is 150 cm³/mol. The molecule has 4 aromatic carbocycles. The number of amides is 1. The van der Waals surface area contributed by atoms with Crippen molar-refractivity contribution in [1.82, 2.24) is 0 Å². The summed E-state index contributed by atoms with van der Waals surface area (Å²) in [4.78, 5) is 12.8. The van der Waals surface area contributed by atoms with Gasteiger partial charge in [0.2, 0.25) is 5.91 Å². The summed E-state index contributed by atoms with van der Waals surface area (Å²) >= 11 is 1.58. The van der Waals surface area contributed by atoms with Gasteiger partial charge in [-0.1, -0.05) is 54.6 Å². The molecule has 0 fully saturated rings. The van der Waals surface area contributed by atoms with Crippen LogP contribution in [0.2, 0.25) is 0 Å². The van der Waals surface area contributed by atoms with E-state index in [1.165, 1.54) is 41.5 Å². The fourth-order valence-corrected chi connectivity index (χ4v) is 6.69. The van der Waals surface area contributed by atoms with Crippen LogP contribution in [-0.2, 0) is 14.8 Å². The molecule has 0 saturated carbocycles. The zero-order valence-corrected chi connectivity index (χ0v) is 22.0. The maximum Gasteiger partial charge on any atom is 0.262 e. The quantitative estimate of drug-likeness (QED) is 0.281. The van der Waals surface area contributed by atoms with Crippen molar-refractivity contribution in [2.45, 2.75) is 17.1 Å². The number of hydrogen-bond donors (Lipinski definition) is 2. The summed E-state index contributed by atoms with van der Waals surface area (Å²) < 4.78 is 33.7. The number of aryl methyl sites for hydroxylation is 1. The van der Waals surface area contributed by atoms with E-state index < -0.39 is 10.0 Å². The number of rotatable bonds is 8. The molecular weight excluding hydrogens is 504 g/mol. The molecule has 0 radical (unpaired) electrons. The summed E-state index contributed by atoms with van der Waals surface area (Å²) in [6, 6.07) is 28.0. The van der Waals surface area contributed by atoms with Gasteiger partial charge in [0.05, 0.1) is 28.7 Å². The normalized spacial score (nSPS) is 12.5. The molecule has 1 aliphatic carbocycles. The lowest BCUT2D eigenvalue weighted by Crippen LogP contribution is -2.16. The maximum atomic E-state index is 12.9. The summed E-state index contributed by atoms with van der Waals surface area (Å²) in [5.41, 5.74) is 6.66. The van der Waals surface area contributed by atoms with Crippen molar-refractivity contribution in [2.24, 2.45) is 0 Å². The Bertz CT molecular complexity index is 1520. The minimum Gasteiger partial charge on any atom is -0.495 e. The van der Waals surface area contributed by atoms with Crippen molar-refractivity contribution in [3.05, 3.63) is 108 Å². The highest BCUT2D eigenvalue weighted by atomic mass is 32.2. The highest BCUT2D eigenvalue weighted by molar-refractivity contribution is 8.00. The van der Waals surface area contributed by atoms with Gasteiger partial charge in [-0.2, -0.15) is 0 Å². The van der Waals surface area contributed by atoms with Crippen molar-refractivity contribution < 1.29 is 17.9 Å². The van der Waals surface area contributed by atoms with Crippen molar-refractivity contribution in [3.8, 4) is 16.9 Å². The van der Waals surface area contributed by atoms with E-state index in [0.29, 0.717) is 17.1 Å². The molecule has 8 heteroatoms. The van der Waals surface area contributed by atoms with E-state index in [-0.39, 0.29) is 21.8 Å². The second kappa shape index (κ2) is 10.3. The van der Waals surface area contributed by atoms with Gasteiger partial charge in [0.15, 0.2) is 0 Å². The Hall–Kier alpha value is -3.75. The van der Waals surface area contributed by atoms with E-state index >= 15 is 0 Å². The Labute approximate surface area is 221 Å². The lowest BCUT2D eigenvalue weighted by atomic mass is 10.1. The minimum atomic E-state index is -3.83. The van der Waals surface area contributed by atoms with Crippen LogP contribution in [0.1, 0.15) is 21.9 Å². The number of benzene rings is 4. The average Bonchev–Trinajstić information content (AvgIpc) is 3.21. The van der Waals surface area contributed by atoms with Gasteiger partial charge in [0.25, 0.3) is 10.0 Å². The Morgan fingerprint density at radius 1 is 0.892 bits per heavy atom. The van der Waals surface area contributed by atoms with Crippen LogP contribution in [0, 0.1) is 6.92 Å². The SMILES string of the molecule is COc1ccc(C)cc1NS(=O)(=O)c1ccc(NC(=O)CSC2c3ccccc3-c3ccccc32)cc1. The van der Waals surface area contributed by atoms with Crippen LogP contribution in [0.25, 0.3) is 11.1 Å². The third kappa shape index (κ3) is 5.21. The van der Waals surface area contributed by atoms with Gasteiger partial charge in [-0.05, 0) is 71.1 Å². The van der Waals surface area contributed by atoms with Gasteiger partial charge in [-0.3, -0.25) is 9.52 Å². The molecule has 188 valence electrons. The number of carbonyl (C=O) groups is 1. The third-order valence-electron chi connectivity index (χ3n) is 6.21. The summed E-state index contributed by atoms with van der Waals surface area (Å²) in [6.45, 7) is 1.87. The van der Waals surface area contributed by atoms with Crippen LogP contribution in [0.5, 0.6) is 5.75 Å². The van der Waals surface area contributed by atoms with Gasteiger partial charge in [0.1, 0.15) is 5.75 Å². The van der Waals surface area contributed by atoms with E-state index in [1.54, 1.807) is 36.0 Å². The van der Waals surface area contributed by atoms with Crippen LogP contribution >= 0.6 is 11.8 Å². The molecule has 0 spiro atoms. The Kier molecular flexibility index (Phi) is 6.95. The molecule has 2 N–H and O–H groups in total. The first-order valence-corrected chi connectivity index (χ1v) is 14.3. The monoisotopic (exact) mass is 530 g/mol. The molecule has 1 aliphatic rings. The zero-order valence-electron chi connectivity index (χ0n) is 20.4. The average molecular weight is 531 g/mol. The lowest BCUT2D eigenvalue weighted by Gasteiger charge is -2.14. The molecule has 0 heterocycles. The van der Waals surface area contributed by atoms with Crippen molar-refractivity contribution in [2.75, 3.05) is 22.9 Å². The number of sulfonamides is 1.